The maximum absolute atomic E-state index is 13.6. The van der Waals surface area contributed by atoms with E-state index in [0.29, 0.717) is 6.42 Å². The van der Waals surface area contributed by atoms with Gasteiger partial charge in [0.05, 0.1) is 11.0 Å². The molecule has 4 aromatic carbocycles. The lowest BCUT2D eigenvalue weighted by Gasteiger charge is -2.27. The number of carbonyl (C=O) groups is 1. The Balaban J connectivity index is 1.55. The maximum atomic E-state index is 13.6. The van der Waals surface area contributed by atoms with E-state index in [1.54, 1.807) is 0 Å². The summed E-state index contributed by atoms with van der Waals surface area (Å²) in [5.74, 6) is 0.955. The second kappa shape index (κ2) is 8.91. The lowest BCUT2D eigenvalue weighted by atomic mass is 10.0. The summed E-state index contributed by atoms with van der Waals surface area (Å²) in [6.45, 7) is 4.34. The Morgan fingerprint density at radius 1 is 0.848 bits per heavy atom. The van der Waals surface area contributed by atoms with Gasteiger partial charge in [0.1, 0.15) is 12.4 Å². The molecule has 0 radical (unpaired) electrons. The predicted molar refractivity (Wildman–Crippen MR) is 136 cm³/mol. The molecule has 164 valence electrons. The Kier molecular flexibility index (Phi) is 5.66. The number of fused-ring (bicyclic) bond motifs is 2. The van der Waals surface area contributed by atoms with Crippen LogP contribution in [0.2, 0.25) is 0 Å². The van der Waals surface area contributed by atoms with Gasteiger partial charge in [0.25, 0.3) is 0 Å². The highest BCUT2D eigenvalue weighted by atomic mass is 16.2. The van der Waals surface area contributed by atoms with Crippen molar-refractivity contribution in [1.82, 2.24) is 9.55 Å². The standard InChI is InChI=1S/C29H27N3O/c1-21(2)32(24-14-4-3-5-15-24)29(33)20-31-27-18-9-8-17-26(27)30-28(31)19-23-13-10-12-22-11-6-7-16-25(22)23/h3-18,21H,19-20H2,1-2H3. The Morgan fingerprint density at radius 3 is 2.36 bits per heavy atom. The quantitative estimate of drug-likeness (QED) is 0.319. The minimum Gasteiger partial charge on any atom is -0.318 e. The van der Waals surface area contributed by atoms with Crippen LogP contribution in [0.1, 0.15) is 25.2 Å². The number of aromatic nitrogens is 2. The SMILES string of the molecule is CC(C)N(C(=O)Cn1c(Cc2cccc3ccccc23)nc2ccccc21)c1ccccc1. The van der Waals surface area contributed by atoms with Crippen LogP contribution >= 0.6 is 0 Å². The summed E-state index contributed by atoms with van der Waals surface area (Å²) < 4.78 is 2.08. The Morgan fingerprint density at radius 2 is 1.55 bits per heavy atom. The smallest absolute Gasteiger partial charge is 0.247 e. The van der Waals surface area contributed by atoms with Gasteiger partial charge in [-0.3, -0.25) is 4.79 Å². The van der Waals surface area contributed by atoms with Gasteiger partial charge in [-0.15, -0.1) is 0 Å². The number of rotatable bonds is 6. The highest BCUT2D eigenvalue weighted by Gasteiger charge is 2.22. The molecular formula is C29H27N3O. The number of hydrogen-bond acceptors (Lipinski definition) is 2. The summed E-state index contributed by atoms with van der Waals surface area (Å²) in [6, 6.07) is 32.8. The molecule has 1 aromatic heterocycles. The first-order valence-electron chi connectivity index (χ1n) is 11.4. The molecule has 0 spiro atoms. The molecular weight excluding hydrogens is 406 g/mol. The molecule has 4 heteroatoms. The van der Waals surface area contributed by atoms with Crippen molar-refractivity contribution in [3.05, 3.63) is 108 Å². The average molecular weight is 434 g/mol. The van der Waals surface area contributed by atoms with Gasteiger partial charge in [0.2, 0.25) is 5.91 Å². The van der Waals surface area contributed by atoms with Crippen molar-refractivity contribution in [1.29, 1.82) is 0 Å². The van der Waals surface area contributed by atoms with E-state index in [-0.39, 0.29) is 18.5 Å². The molecule has 5 aromatic rings. The fraction of sp³-hybridized carbons (Fsp3) is 0.172. The molecule has 0 fully saturated rings. The van der Waals surface area contributed by atoms with Gasteiger partial charge < -0.3 is 9.47 Å². The molecule has 1 heterocycles. The fourth-order valence-corrected chi connectivity index (χ4v) is 4.58. The van der Waals surface area contributed by atoms with Gasteiger partial charge >= 0.3 is 0 Å². The monoisotopic (exact) mass is 433 g/mol. The molecule has 0 aliphatic heterocycles. The Bertz CT molecular complexity index is 1410. The number of nitrogens with zero attached hydrogens (tertiary/aromatic N) is 3. The van der Waals surface area contributed by atoms with Gasteiger partial charge in [-0.05, 0) is 54.4 Å². The van der Waals surface area contributed by atoms with E-state index >= 15 is 0 Å². The number of para-hydroxylation sites is 3. The van der Waals surface area contributed by atoms with Gasteiger partial charge in [-0.2, -0.15) is 0 Å². The number of benzene rings is 4. The molecule has 1 amide bonds. The highest BCUT2D eigenvalue weighted by Crippen LogP contribution is 2.25. The number of hydrogen-bond donors (Lipinski definition) is 0. The van der Waals surface area contributed by atoms with Crippen LogP contribution in [0.25, 0.3) is 21.8 Å². The van der Waals surface area contributed by atoms with E-state index in [1.807, 2.05) is 73.3 Å². The van der Waals surface area contributed by atoms with Crippen LogP contribution < -0.4 is 4.90 Å². The van der Waals surface area contributed by atoms with Crippen LogP contribution in [-0.4, -0.2) is 21.5 Å². The van der Waals surface area contributed by atoms with E-state index in [4.69, 9.17) is 4.98 Å². The van der Waals surface area contributed by atoms with Crippen molar-refractivity contribution in [2.45, 2.75) is 32.9 Å². The summed E-state index contributed by atoms with van der Waals surface area (Å²) >= 11 is 0. The first-order valence-corrected chi connectivity index (χ1v) is 11.4. The lowest BCUT2D eigenvalue weighted by molar-refractivity contribution is -0.119. The average Bonchev–Trinajstić information content (AvgIpc) is 3.17. The van der Waals surface area contributed by atoms with Crippen LogP contribution in [0.15, 0.2) is 97.1 Å². The van der Waals surface area contributed by atoms with Gasteiger partial charge in [0.15, 0.2) is 0 Å². The zero-order chi connectivity index (χ0) is 22.8. The molecule has 0 atom stereocenters. The van der Waals surface area contributed by atoms with E-state index in [9.17, 15) is 4.79 Å². The van der Waals surface area contributed by atoms with E-state index in [0.717, 1.165) is 22.5 Å². The maximum Gasteiger partial charge on any atom is 0.247 e. The van der Waals surface area contributed by atoms with Crippen LogP contribution in [0.5, 0.6) is 0 Å². The van der Waals surface area contributed by atoms with Crippen LogP contribution in [-0.2, 0) is 17.8 Å². The highest BCUT2D eigenvalue weighted by molar-refractivity contribution is 5.94. The normalized spacial score (nSPS) is 11.4. The second-order valence-electron chi connectivity index (χ2n) is 8.61. The zero-order valence-electron chi connectivity index (χ0n) is 19.0. The topological polar surface area (TPSA) is 38.1 Å². The third-order valence-electron chi connectivity index (χ3n) is 6.07. The van der Waals surface area contributed by atoms with Crippen molar-refractivity contribution in [2.75, 3.05) is 4.90 Å². The molecule has 0 aliphatic rings. The first kappa shape index (κ1) is 21.0. The van der Waals surface area contributed by atoms with Gasteiger partial charge in [-0.25, -0.2) is 4.98 Å². The Labute approximate surface area is 194 Å². The fourth-order valence-electron chi connectivity index (χ4n) is 4.58. The van der Waals surface area contributed by atoms with Gasteiger partial charge in [-0.1, -0.05) is 72.8 Å². The molecule has 4 nitrogen and oxygen atoms in total. The predicted octanol–water partition coefficient (Wildman–Crippen LogP) is 6.22. The van der Waals surface area contributed by atoms with Crippen LogP contribution in [0.3, 0.4) is 0 Å². The zero-order valence-corrected chi connectivity index (χ0v) is 19.0. The summed E-state index contributed by atoms with van der Waals surface area (Å²) in [5, 5.41) is 2.43. The molecule has 5 rings (SSSR count). The number of anilines is 1. The molecule has 0 unspecified atom stereocenters. The number of imidazole rings is 1. The van der Waals surface area contributed by atoms with Crippen molar-refractivity contribution in [3.8, 4) is 0 Å². The summed E-state index contributed by atoms with van der Waals surface area (Å²) in [5.41, 5.74) is 4.02. The largest absolute Gasteiger partial charge is 0.318 e. The molecule has 33 heavy (non-hydrogen) atoms. The first-order chi connectivity index (χ1) is 16.1. The van der Waals surface area contributed by atoms with E-state index in [2.05, 4.69) is 47.0 Å². The van der Waals surface area contributed by atoms with Crippen LogP contribution in [0.4, 0.5) is 5.69 Å². The van der Waals surface area contributed by atoms with E-state index < -0.39 is 0 Å². The number of carbonyl (C=O) groups excluding carboxylic acids is 1. The third kappa shape index (κ3) is 4.12. The second-order valence-corrected chi connectivity index (χ2v) is 8.61. The summed E-state index contributed by atoms with van der Waals surface area (Å²) in [4.78, 5) is 20.4. The minimum atomic E-state index is 0.0520. The van der Waals surface area contributed by atoms with Crippen molar-refractivity contribution in [2.24, 2.45) is 0 Å². The third-order valence-corrected chi connectivity index (χ3v) is 6.07. The van der Waals surface area contributed by atoms with E-state index in [1.165, 1.54) is 16.3 Å². The van der Waals surface area contributed by atoms with Crippen molar-refractivity contribution in [3.63, 3.8) is 0 Å². The van der Waals surface area contributed by atoms with Crippen LogP contribution in [0, 0.1) is 0 Å². The molecule has 0 saturated carbocycles. The number of amides is 1. The molecule has 0 bridgehead atoms. The molecule has 0 saturated heterocycles. The van der Waals surface area contributed by atoms with Crippen molar-refractivity contribution < 1.29 is 4.79 Å². The summed E-state index contributed by atoms with van der Waals surface area (Å²) in [7, 11) is 0. The molecule has 0 aliphatic carbocycles. The lowest BCUT2D eigenvalue weighted by Crippen LogP contribution is -2.39. The molecule has 0 N–H and O–H groups in total. The Hall–Kier alpha value is -3.92. The van der Waals surface area contributed by atoms with Crippen molar-refractivity contribution >= 4 is 33.4 Å². The minimum absolute atomic E-state index is 0.0520. The summed E-state index contributed by atoms with van der Waals surface area (Å²) in [6.07, 6.45) is 0.663. The van der Waals surface area contributed by atoms with Gasteiger partial charge in [0, 0.05) is 18.2 Å².